The first-order valence-electron chi connectivity index (χ1n) is 10.6. The maximum atomic E-state index is 11.3. The zero-order chi connectivity index (χ0) is 21.8. The molecule has 6 heteroatoms. The van der Waals surface area contributed by atoms with E-state index in [0.717, 1.165) is 0 Å². The Bertz CT molecular complexity index is 788. The number of benzene rings is 2. The van der Waals surface area contributed by atoms with Crippen LogP contribution in [0.2, 0.25) is 5.04 Å². The van der Waals surface area contributed by atoms with Gasteiger partial charge in [0.1, 0.15) is 0 Å². The fraction of sp³-hybridized carbons (Fsp3) is 0.458. The second-order valence-corrected chi connectivity index (χ2v) is 13.7. The summed E-state index contributed by atoms with van der Waals surface area (Å²) >= 11 is 0. The molecule has 0 unspecified atom stereocenters. The van der Waals surface area contributed by atoms with Gasteiger partial charge in [0, 0.05) is 6.04 Å². The highest BCUT2D eigenvalue weighted by atomic mass is 28.4. The third-order valence-corrected chi connectivity index (χ3v) is 11.2. The molecule has 0 aromatic heterocycles. The summed E-state index contributed by atoms with van der Waals surface area (Å²) in [5.74, 6) is 0. The van der Waals surface area contributed by atoms with Crippen LogP contribution in [-0.2, 0) is 4.43 Å². The summed E-state index contributed by atoms with van der Waals surface area (Å²) in [4.78, 5) is 10.9. The molecule has 0 radical (unpaired) electrons. The minimum absolute atomic E-state index is 0.101. The Balaban J connectivity index is 1.90. The third-order valence-electron chi connectivity index (χ3n) is 6.22. The average Bonchev–Trinajstić information content (AvgIpc) is 2.71. The smallest absolute Gasteiger partial charge is 0.404 e. The fourth-order valence-electron chi connectivity index (χ4n) is 4.62. The second kappa shape index (κ2) is 8.92. The van der Waals surface area contributed by atoms with Crippen LogP contribution in [0.15, 0.2) is 60.7 Å². The highest BCUT2D eigenvalue weighted by Gasteiger charge is 2.51. The summed E-state index contributed by atoms with van der Waals surface area (Å²) < 4.78 is 6.88. The Morgan fingerprint density at radius 1 is 1.03 bits per heavy atom. The van der Waals surface area contributed by atoms with E-state index < -0.39 is 20.0 Å². The number of rotatable bonds is 6. The van der Waals surface area contributed by atoms with Crippen molar-refractivity contribution < 1.29 is 19.4 Å². The summed E-state index contributed by atoms with van der Waals surface area (Å²) in [5.41, 5.74) is -0.941. The Morgan fingerprint density at radius 2 is 1.50 bits per heavy atom. The van der Waals surface area contributed by atoms with Crippen LogP contribution in [0.25, 0.3) is 0 Å². The van der Waals surface area contributed by atoms with Crippen LogP contribution in [-0.4, -0.2) is 42.9 Å². The van der Waals surface area contributed by atoms with E-state index in [0.29, 0.717) is 25.7 Å². The molecule has 0 atom stereocenters. The molecule has 0 aliphatic heterocycles. The lowest BCUT2D eigenvalue weighted by Gasteiger charge is -2.45. The molecule has 1 saturated carbocycles. The van der Waals surface area contributed by atoms with Gasteiger partial charge in [-0.05, 0) is 41.1 Å². The lowest BCUT2D eigenvalue weighted by molar-refractivity contribution is -0.0418. The minimum atomic E-state index is -2.69. The molecule has 1 aliphatic rings. The van der Waals surface area contributed by atoms with Gasteiger partial charge in [0.2, 0.25) is 0 Å². The zero-order valence-electron chi connectivity index (χ0n) is 18.1. The molecule has 3 rings (SSSR count). The van der Waals surface area contributed by atoms with Gasteiger partial charge in [-0.15, -0.1) is 0 Å². The molecule has 2 aromatic rings. The number of hydrogen-bond donors (Lipinski definition) is 3. The van der Waals surface area contributed by atoms with Crippen molar-refractivity contribution in [3.05, 3.63) is 60.7 Å². The number of aliphatic hydroxyl groups is 1. The van der Waals surface area contributed by atoms with E-state index in [4.69, 9.17) is 9.53 Å². The first-order chi connectivity index (χ1) is 14.2. The average molecular weight is 428 g/mol. The van der Waals surface area contributed by atoms with Gasteiger partial charge in [0.05, 0.1) is 12.2 Å². The summed E-state index contributed by atoms with van der Waals surface area (Å²) in [7, 11) is -2.69. The van der Waals surface area contributed by atoms with Gasteiger partial charge in [-0.3, -0.25) is 0 Å². The SMILES string of the molecule is CC(C)(C)[Si](OC[C@]1(O)CC[C@@H](NC(=O)O)CC1)(c1ccccc1)c1ccccc1. The zero-order valence-corrected chi connectivity index (χ0v) is 19.1. The van der Waals surface area contributed by atoms with Crippen molar-refractivity contribution in [2.45, 2.75) is 63.1 Å². The summed E-state index contributed by atoms with van der Waals surface area (Å²) in [6.45, 7) is 6.91. The van der Waals surface area contributed by atoms with Crippen molar-refractivity contribution >= 4 is 24.8 Å². The van der Waals surface area contributed by atoms with Crippen molar-refractivity contribution in [2.24, 2.45) is 0 Å². The summed E-state index contributed by atoms with van der Waals surface area (Å²) in [6.07, 6.45) is 1.28. The third kappa shape index (κ3) is 4.77. The first kappa shape index (κ1) is 22.5. The lowest BCUT2D eigenvalue weighted by Crippen LogP contribution is -2.67. The molecule has 5 nitrogen and oxygen atoms in total. The monoisotopic (exact) mass is 427 g/mol. The highest BCUT2D eigenvalue weighted by molar-refractivity contribution is 6.99. The van der Waals surface area contributed by atoms with Crippen LogP contribution < -0.4 is 15.7 Å². The number of carboxylic acid groups (broad SMARTS) is 1. The molecule has 1 amide bonds. The maximum Gasteiger partial charge on any atom is 0.404 e. The molecule has 3 N–H and O–H groups in total. The van der Waals surface area contributed by atoms with Crippen LogP contribution in [0.1, 0.15) is 46.5 Å². The van der Waals surface area contributed by atoms with E-state index in [9.17, 15) is 9.90 Å². The molecule has 0 bridgehead atoms. The predicted octanol–water partition coefficient (Wildman–Crippen LogP) is 3.50. The molecule has 1 aliphatic carbocycles. The van der Waals surface area contributed by atoms with Crippen LogP contribution in [0.5, 0.6) is 0 Å². The number of amides is 1. The first-order valence-corrected chi connectivity index (χ1v) is 12.5. The predicted molar refractivity (Wildman–Crippen MR) is 122 cm³/mol. The van der Waals surface area contributed by atoms with Gasteiger partial charge < -0.3 is 20.0 Å². The van der Waals surface area contributed by atoms with Gasteiger partial charge >= 0.3 is 6.09 Å². The fourth-order valence-corrected chi connectivity index (χ4v) is 9.26. The highest BCUT2D eigenvalue weighted by Crippen LogP contribution is 2.38. The molecular weight excluding hydrogens is 394 g/mol. The Morgan fingerprint density at radius 3 is 1.90 bits per heavy atom. The van der Waals surface area contributed by atoms with Crippen LogP contribution in [0, 0.1) is 0 Å². The van der Waals surface area contributed by atoms with Crippen LogP contribution >= 0.6 is 0 Å². The van der Waals surface area contributed by atoms with E-state index in [1.807, 2.05) is 36.4 Å². The minimum Gasteiger partial charge on any atom is -0.465 e. The Hall–Kier alpha value is -2.15. The van der Waals surface area contributed by atoms with Gasteiger partial charge in [-0.1, -0.05) is 81.4 Å². The van der Waals surface area contributed by atoms with Crippen molar-refractivity contribution in [1.82, 2.24) is 5.32 Å². The molecule has 0 heterocycles. The number of carbonyl (C=O) groups is 1. The van der Waals surface area contributed by atoms with Gasteiger partial charge in [0.25, 0.3) is 8.32 Å². The van der Waals surface area contributed by atoms with E-state index in [-0.39, 0.29) is 17.7 Å². The van der Waals surface area contributed by atoms with E-state index in [1.165, 1.54) is 10.4 Å². The summed E-state index contributed by atoms with van der Waals surface area (Å²) in [6, 6.07) is 20.7. The van der Waals surface area contributed by atoms with E-state index in [1.54, 1.807) is 0 Å². The van der Waals surface area contributed by atoms with E-state index in [2.05, 4.69) is 50.4 Å². The quantitative estimate of drug-likeness (QED) is 0.617. The van der Waals surface area contributed by atoms with Crippen molar-refractivity contribution in [2.75, 3.05) is 6.61 Å². The summed E-state index contributed by atoms with van der Waals surface area (Å²) in [5, 5.41) is 25.0. The second-order valence-electron chi connectivity index (χ2n) is 9.40. The molecular formula is C24H33NO4Si. The maximum absolute atomic E-state index is 11.3. The molecule has 162 valence electrons. The Kier molecular flexibility index (Phi) is 6.70. The Labute approximate surface area is 180 Å². The van der Waals surface area contributed by atoms with Gasteiger partial charge in [-0.25, -0.2) is 4.79 Å². The topological polar surface area (TPSA) is 78.8 Å². The van der Waals surface area contributed by atoms with Crippen molar-refractivity contribution in [3.63, 3.8) is 0 Å². The van der Waals surface area contributed by atoms with Crippen molar-refractivity contribution in [1.29, 1.82) is 0 Å². The van der Waals surface area contributed by atoms with Gasteiger partial charge in [-0.2, -0.15) is 0 Å². The van der Waals surface area contributed by atoms with Crippen LogP contribution in [0.3, 0.4) is 0 Å². The number of nitrogens with one attached hydrogen (secondary N) is 1. The van der Waals surface area contributed by atoms with Crippen LogP contribution in [0.4, 0.5) is 4.79 Å². The lowest BCUT2D eigenvalue weighted by atomic mass is 9.83. The number of hydrogen-bond acceptors (Lipinski definition) is 3. The molecule has 2 aromatic carbocycles. The standard InChI is InChI=1S/C24H33NO4Si/c1-23(2,3)30(20-10-6-4-7-11-20,21-12-8-5-9-13-21)29-18-24(28)16-14-19(15-17-24)25-22(26)27/h4-13,19,25,28H,14-18H2,1-3H3,(H,26,27)/t19-,24+. The molecule has 30 heavy (non-hydrogen) atoms. The largest absolute Gasteiger partial charge is 0.465 e. The van der Waals surface area contributed by atoms with Crippen molar-refractivity contribution in [3.8, 4) is 0 Å². The van der Waals surface area contributed by atoms with Gasteiger partial charge in [0.15, 0.2) is 0 Å². The van der Waals surface area contributed by atoms with E-state index >= 15 is 0 Å². The molecule has 0 spiro atoms. The molecule has 1 fully saturated rings. The molecule has 0 saturated heterocycles. The normalized spacial score (nSPS) is 22.5.